The summed E-state index contributed by atoms with van der Waals surface area (Å²) >= 11 is 0. The highest BCUT2D eigenvalue weighted by molar-refractivity contribution is 5.81. The molecular formula is C28H43NO8. The van der Waals surface area contributed by atoms with Crippen LogP contribution in [0.15, 0.2) is 18.2 Å². The summed E-state index contributed by atoms with van der Waals surface area (Å²) in [6, 6.07) is 3.62. The van der Waals surface area contributed by atoms with Crippen LogP contribution in [0.3, 0.4) is 0 Å². The highest BCUT2D eigenvalue weighted by atomic mass is 16.6. The van der Waals surface area contributed by atoms with E-state index in [2.05, 4.69) is 0 Å². The number of carbonyl (C=O) groups excluding carboxylic acids is 4. The minimum Gasteiger partial charge on any atom is -0.459 e. The van der Waals surface area contributed by atoms with Gasteiger partial charge in [0.25, 0.3) is 0 Å². The van der Waals surface area contributed by atoms with Gasteiger partial charge in [0.05, 0.1) is 16.7 Å². The largest absolute Gasteiger partial charge is 0.459 e. The van der Waals surface area contributed by atoms with Crippen molar-refractivity contribution in [1.29, 1.82) is 0 Å². The van der Waals surface area contributed by atoms with Crippen molar-refractivity contribution in [1.82, 2.24) is 0 Å². The lowest BCUT2D eigenvalue weighted by atomic mass is 9.97. The Labute approximate surface area is 220 Å². The van der Waals surface area contributed by atoms with Crippen LogP contribution in [-0.4, -0.2) is 42.1 Å². The van der Waals surface area contributed by atoms with Gasteiger partial charge in [0.15, 0.2) is 11.5 Å². The summed E-state index contributed by atoms with van der Waals surface area (Å²) in [4.78, 5) is 49.6. The second-order valence-electron chi connectivity index (χ2n) is 11.5. The zero-order valence-corrected chi connectivity index (χ0v) is 23.8. The van der Waals surface area contributed by atoms with Crippen LogP contribution in [0, 0.1) is 16.7 Å². The zero-order chi connectivity index (χ0) is 28.7. The Bertz CT molecular complexity index is 973. The van der Waals surface area contributed by atoms with E-state index in [-0.39, 0.29) is 29.8 Å². The number of benzene rings is 1. The lowest BCUT2D eigenvalue weighted by Gasteiger charge is -2.24. The quantitative estimate of drug-likeness (QED) is 0.352. The van der Waals surface area contributed by atoms with E-state index in [1.807, 2.05) is 6.92 Å². The van der Waals surface area contributed by atoms with E-state index in [9.17, 15) is 19.2 Å². The first kappa shape index (κ1) is 32.1. The van der Waals surface area contributed by atoms with Crippen molar-refractivity contribution in [2.45, 2.75) is 100 Å². The molecule has 9 nitrogen and oxygen atoms in total. The minimum atomic E-state index is -1.03. The molecule has 2 N–H and O–H groups in total. The average Bonchev–Trinajstić information content (AvgIpc) is 2.78. The minimum absolute atomic E-state index is 0.0505. The van der Waals surface area contributed by atoms with Gasteiger partial charge < -0.3 is 24.7 Å². The lowest BCUT2D eigenvalue weighted by Crippen LogP contribution is -2.40. The number of carbonyl (C=O) groups is 4. The predicted molar refractivity (Wildman–Crippen MR) is 139 cm³/mol. The van der Waals surface area contributed by atoms with Crippen molar-refractivity contribution in [2.75, 3.05) is 0 Å². The molecule has 0 radical (unpaired) electrons. The van der Waals surface area contributed by atoms with E-state index in [1.165, 1.54) is 12.1 Å². The molecule has 0 aliphatic carbocycles. The van der Waals surface area contributed by atoms with Crippen LogP contribution in [-0.2, 0) is 35.1 Å². The monoisotopic (exact) mass is 521 g/mol. The predicted octanol–water partition coefficient (Wildman–Crippen LogP) is 4.37. The third-order valence-electron chi connectivity index (χ3n) is 5.68. The summed E-state index contributed by atoms with van der Waals surface area (Å²) in [6.45, 7) is 17.2. The molecule has 1 aromatic rings. The van der Waals surface area contributed by atoms with Crippen molar-refractivity contribution in [2.24, 2.45) is 22.5 Å². The standard InChI is InChI=1S/C28H43NO8/c1-11-16(2)23(30)34-17(3)18(4)35-24(31)20(29)14-19-12-13-21(36-25(32)27(5,6)7)22(15-19)37-26(33)28(8,9)10/h12-13,15-18,20H,11,14,29H2,1-10H3/t16?,17-,18-,20-/m0/s1. The van der Waals surface area contributed by atoms with Gasteiger partial charge in [-0.15, -0.1) is 0 Å². The maximum absolute atomic E-state index is 12.6. The molecule has 1 aromatic carbocycles. The van der Waals surface area contributed by atoms with Gasteiger partial charge in [0, 0.05) is 0 Å². The number of ether oxygens (including phenoxy) is 4. The Morgan fingerprint density at radius 1 is 0.784 bits per heavy atom. The lowest BCUT2D eigenvalue weighted by molar-refractivity contribution is -0.168. The average molecular weight is 522 g/mol. The van der Waals surface area contributed by atoms with Crippen molar-refractivity contribution in [3.8, 4) is 11.5 Å². The number of rotatable bonds is 10. The molecular weight excluding hydrogens is 478 g/mol. The van der Waals surface area contributed by atoms with Crippen LogP contribution in [0.4, 0.5) is 0 Å². The second kappa shape index (κ2) is 13.0. The summed E-state index contributed by atoms with van der Waals surface area (Å²) in [6.07, 6.45) is -0.627. The maximum Gasteiger partial charge on any atom is 0.323 e. The van der Waals surface area contributed by atoms with Gasteiger partial charge in [0.1, 0.15) is 18.2 Å². The first-order chi connectivity index (χ1) is 16.9. The Morgan fingerprint density at radius 2 is 1.24 bits per heavy atom. The number of hydrogen-bond donors (Lipinski definition) is 1. The summed E-state index contributed by atoms with van der Waals surface area (Å²) in [5.41, 5.74) is 5.09. The Morgan fingerprint density at radius 3 is 1.70 bits per heavy atom. The van der Waals surface area contributed by atoms with Crippen LogP contribution in [0.1, 0.15) is 81.2 Å². The van der Waals surface area contributed by atoms with Crippen LogP contribution < -0.4 is 15.2 Å². The molecule has 37 heavy (non-hydrogen) atoms. The van der Waals surface area contributed by atoms with Crippen molar-refractivity contribution in [3.05, 3.63) is 23.8 Å². The molecule has 0 saturated heterocycles. The molecule has 4 atom stereocenters. The second-order valence-corrected chi connectivity index (χ2v) is 11.5. The molecule has 0 bridgehead atoms. The summed E-state index contributed by atoms with van der Waals surface area (Å²) < 4.78 is 21.8. The Hall–Kier alpha value is -2.94. The molecule has 0 aromatic heterocycles. The van der Waals surface area contributed by atoms with E-state index in [4.69, 9.17) is 24.7 Å². The first-order valence-electron chi connectivity index (χ1n) is 12.6. The first-order valence-corrected chi connectivity index (χ1v) is 12.6. The zero-order valence-electron chi connectivity index (χ0n) is 23.8. The fourth-order valence-electron chi connectivity index (χ4n) is 2.62. The van der Waals surface area contributed by atoms with Gasteiger partial charge in [-0.2, -0.15) is 0 Å². The smallest absolute Gasteiger partial charge is 0.323 e. The Balaban J connectivity index is 3.01. The molecule has 1 unspecified atom stereocenters. The van der Waals surface area contributed by atoms with Crippen LogP contribution in [0.2, 0.25) is 0 Å². The van der Waals surface area contributed by atoms with E-state index >= 15 is 0 Å². The van der Waals surface area contributed by atoms with Gasteiger partial charge in [-0.1, -0.05) is 19.9 Å². The number of nitrogens with two attached hydrogens (primary N) is 1. The molecule has 208 valence electrons. The molecule has 0 aliphatic heterocycles. The maximum atomic E-state index is 12.6. The SMILES string of the molecule is CCC(C)C(=O)O[C@@H](C)[C@H](C)OC(=O)[C@@H](N)Cc1ccc(OC(=O)C(C)(C)C)c(OC(=O)C(C)(C)C)c1. The molecule has 0 heterocycles. The van der Waals surface area contributed by atoms with Crippen LogP contribution in [0.5, 0.6) is 11.5 Å². The molecule has 1 rings (SSSR count). The molecule has 9 heteroatoms. The van der Waals surface area contributed by atoms with E-state index in [1.54, 1.807) is 68.4 Å². The van der Waals surface area contributed by atoms with Gasteiger partial charge in [-0.05, 0) is 85.9 Å². The van der Waals surface area contributed by atoms with Gasteiger partial charge in [0.2, 0.25) is 0 Å². The van der Waals surface area contributed by atoms with Crippen LogP contribution >= 0.6 is 0 Å². The van der Waals surface area contributed by atoms with Crippen molar-refractivity contribution < 1.29 is 38.1 Å². The van der Waals surface area contributed by atoms with E-state index < -0.39 is 47.0 Å². The Kier molecular flexibility index (Phi) is 11.3. The fourth-order valence-corrected chi connectivity index (χ4v) is 2.62. The van der Waals surface area contributed by atoms with Crippen molar-refractivity contribution >= 4 is 23.9 Å². The van der Waals surface area contributed by atoms with Gasteiger partial charge >= 0.3 is 23.9 Å². The topological polar surface area (TPSA) is 131 Å². The summed E-state index contributed by atoms with van der Waals surface area (Å²) in [5.74, 6) is -2.15. The summed E-state index contributed by atoms with van der Waals surface area (Å²) in [5, 5.41) is 0. The molecule has 0 spiro atoms. The molecule has 0 amide bonds. The number of esters is 4. The van der Waals surface area contributed by atoms with Gasteiger partial charge in [-0.3, -0.25) is 19.2 Å². The molecule has 0 aliphatic rings. The third kappa shape index (κ3) is 10.1. The normalized spacial score (nSPS) is 15.1. The highest BCUT2D eigenvalue weighted by Crippen LogP contribution is 2.33. The van der Waals surface area contributed by atoms with E-state index in [0.717, 1.165) is 0 Å². The van der Waals surface area contributed by atoms with Crippen LogP contribution in [0.25, 0.3) is 0 Å². The highest BCUT2D eigenvalue weighted by Gasteiger charge is 2.29. The fraction of sp³-hybridized carbons (Fsp3) is 0.643. The van der Waals surface area contributed by atoms with E-state index in [0.29, 0.717) is 12.0 Å². The number of hydrogen-bond acceptors (Lipinski definition) is 9. The van der Waals surface area contributed by atoms with Crippen molar-refractivity contribution in [3.63, 3.8) is 0 Å². The molecule has 0 fully saturated rings. The summed E-state index contributed by atoms with van der Waals surface area (Å²) in [7, 11) is 0. The molecule has 0 saturated carbocycles. The third-order valence-corrected chi connectivity index (χ3v) is 5.68. The van der Waals surface area contributed by atoms with Gasteiger partial charge in [-0.25, -0.2) is 0 Å².